The second kappa shape index (κ2) is 6.10. The van der Waals surface area contributed by atoms with Crippen molar-refractivity contribution >= 4 is 22.9 Å². The number of aryl methyl sites for hydroxylation is 1. The number of fused-ring (bicyclic) bond motifs is 1. The fraction of sp³-hybridized carbons (Fsp3) is 0.476. The maximum Gasteiger partial charge on any atom is 0.257 e. The van der Waals surface area contributed by atoms with Crippen molar-refractivity contribution in [2.75, 3.05) is 18.0 Å². The van der Waals surface area contributed by atoms with Crippen molar-refractivity contribution in [2.24, 2.45) is 0 Å². The minimum atomic E-state index is -0.598. The average Bonchev–Trinajstić information content (AvgIpc) is 3.34. The highest BCUT2D eigenvalue weighted by Crippen LogP contribution is 2.47. The van der Waals surface area contributed by atoms with Gasteiger partial charge in [-0.3, -0.25) is 4.79 Å². The molecule has 3 aliphatic rings. The molecule has 3 fully saturated rings. The number of ether oxygens (including phenoxy) is 1. The molecule has 5 rings (SSSR count). The van der Waals surface area contributed by atoms with E-state index in [0.29, 0.717) is 0 Å². The molecular formula is C21H24N2O2S. The van der Waals surface area contributed by atoms with Gasteiger partial charge in [0.2, 0.25) is 0 Å². The van der Waals surface area contributed by atoms with E-state index in [4.69, 9.17) is 4.74 Å². The summed E-state index contributed by atoms with van der Waals surface area (Å²) < 4.78 is 6.42. The summed E-state index contributed by atoms with van der Waals surface area (Å²) in [5.41, 5.74) is 1.92. The van der Waals surface area contributed by atoms with E-state index in [9.17, 15) is 4.79 Å². The number of hydrogen-bond donors (Lipinski definition) is 0. The summed E-state index contributed by atoms with van der Waals surface area (Å²) in [6, 6.07) is 12.8. The third-order valence-corrected chi connectivity index (χ3v) is 7.01. The van der Waals surface area contributed by atoms with E-state index >= 15 is 0 Å². The molecule has 0 bridgehead atoms. The molecule has 26 heavy (non-hydrogen) atoms. The van der Waals surface area contributed by atoms with Gasteiger partial charge in [0.15, 0.2) is 5.60 Å². The summed E-state index contributed by atoms with van der Waals surface area (Å²) >= 11 is 1.79. The number of rotatable bonds is 2. The lowest BCUT2D eigenvalue weighted by atomic mass is 9.89. The maximum absolute atomic E-state index is 13.4. The van der Waals surface area contributed by atoms with E-state index in [1.165, 1.54) is 16.1 Å². The van der Waals surface area contributed by atoms with Gasteiger partial charge in [-0.05, 0) is 31.4 Å². The summed E-state index contributed by atoms with van der Waals surface area (Å²) in [6.45, 7) is 3.92. The van der Waals surface area contributed by atoms with E-state index in [0.717, 1.165) is 38.8 Å². The van der Waals surface area contributed by atoms with Crippen molar-refractivity contribution in [2.45, 2.75) is 50.5 Å². The normalized spacial score (nSPS) is 27.3. The Balaban J connectivity index is 1.34. The first-order valence-electron chi connectivity index (χ1n) is 9.52. The van der Waals surface area contributed by atoms with Crippen LogP contribution in [0.4, 0.5) is 5.69 Å². The van der Waals surface area contributed by atoms with Crippen LogP contribution in [0.3, 0.4) is 0 Å². The molecule has 3 saturated heterocycles. The van der Waals surface area contributed by atoms with Crippen LogP contribution in [0.15, 0.2) is 41.8 Å². The lowest BCUT2D eigenvalue weighted by Gasteiger charge is -2.38. The third-order valence-electron chi connectivity index (χ3n) is 6.16. The number of amides is 1. The predicted octanol–water partition coefficient (Wildman–Crippen LogP) is 4.12. The summed E-state index contributed by atoms with van der Waals surface area (Å²) in [7, 11) is 0. The van der Waals surface area contributed by atoms with Crippen molar-refractivity contribution in [3.8, 4) is 0 Å². The van der Waals surface area contributed by atoms with E-state index < -0.39 is 5.60 Å². The molecule has 3 aliphatic heterocycles. The molecule has 2 aromatic rings. The minimum absolute atomic E-state index is 0.0392. The van der Waals surface area contributed by atoms with Crippen molar-refractivity contribution in [3.63, 3.8) is 0 Å². The third kappa shape index (κ3) is 2.48. The average molecular weight is 369 g/mol. The van der Waals surface area contributed by atoms with Crippen LogP contribution in [-0.4, -0.2) is 35.7 Å². The zero-order chi connectivity index (χ0) is 17.7. The monoisotopic (exact) mass is 368 g/mol. The number of carbonyl (C=O) groups excluding carboxylic acids is 1. The van der Waals surface area contributed by atoms with Crippen LogP contribution >= 0.6 is 11.3 Å². The fourth-order valence-electron chi connectivity index (χ4n) is 4.77. The zero-order valence-corrected chi connectivity index (χ0v) is 15.9. The minimum Gasteiger partial charge on any atom is -0.371 e. The lowest BCUT2D eigenvalue weighted by molar-refractivity contribution is -0.140. The Kier molecular flexibility index (Phi) is 3.83. The van der Waals surface area contributed by atoms with Gasteiger partial charge in [0.1, 0.15) is 6.23 Å². The molecule has 0 unspecified atom stereocenters. The first-order valence-corrected chi connectivity index (χ1v) is 10.4. The number of hydrogen-bond acceptors (Lipinski definition) is 4. The fourth-order valence-corrected chi connectivity index (χ4v) is 5.48. The maximum atomic E-state index is 13.4. The van der Waals surface area contributed by atoms with Crippen LogP contribution in [0, 0.1) is 6.92 Å². The van der Waals surface area contributed by atoms with Crippen LogP contribution in [-0.2, 0) is 9.53 Å². The summed E-state index contributed by atoms with van der Waals surface area (Å²) in [5.74, 6) is 0.218. The summed E-state index contributed by atoms with van der Waals surface area (Å²) in [5, 5.41) is 2.22. The number of anilines is 1. The molecule has 1 aromatic carbocycles. The molecule has 1 spiro atoms. The molecule has 0 radical (unpaired) electrons. The van der Waals surface area contributed by atoms with Gasteiger partial charge in [0.25, 0.3) is 5.91 Å². The van der Waals surface area contributed by atoms with Gasteiger partial charge in [-0.25, -0.2) is 0 Å². The van der Waals surface area contributed by atoms with Gasteiger partial charge in [-0.1, -0.05) is 30.3 Å². The van der Waals surface area contributed by atoms with Crippen molar-refractivity contribution < 1.29 is 9.53 Å². The first-order chi connectivity index (χ1) is 12.7. The number of thiophene rings is 1. The number of nitrogens with zero attached hydrogens (tertiary/aromatic N) is 2. The summed E-state index contributed by atoms with van der Waals surface area (Å²) in [4.78, 5) is 19.1. The van der Waals surface area contributed by atoms with E-state index in [2.05, 4.69) is 47.5 Å². The molecule has 4 heterocycles. The zero-order valence-electron chi connectivity index (χ0n) is 15.1. The molecule has 5 heteroatoms. The highest BCUT2D eigenvalue weighted by atomic mass is 32.1. The second-order valence-corrected chi connectivity index (χ2v) is 8.80. The summed E-state index contributed by atoms with van der Waals surface area (Å²) in [6.07, 6.45) is 3.48. The number of carbonyl (C=O) groups is 1. The van der Waals surface area contributed by atoms with Crippen molar-refractivity contribution in [3.05, 3.63) is 52.2 Å². The SMILES string of the molecule is Cc1cc(N2CCC3(CC2)O[C@@H]2CC[C@@H](c4ccccc4)N2C3=O)cs1. The van der Waals surface area contributed by atoms with Crippen molar-refractivity contribution in [1.29, 1.82) is 0 Å². The lowest BCUT2D eigenvalue weighted by Crippen LogP contribution is -2.50. The Hall–Kier alpha value is -1.85. The Morgan fingerprint density at radius 3 is 2.62 bits per heavy atom. The van der Waals surface area contributed by atoms with Gasteiger partial charge in [-0.15, -0.1) is 11.3 Å². The van der Waals surface area contributed by atoms with Crippen LogP contribution in [0.2, 0.25) is 0 Å². The highest BCUT2D eigenvalue weighted by Gasteiger charge is 2.57. The Morgan fingerprint density at radius 2 is 1.92 bits per heavy atom. The van der Waals surface area contributed by atoms with Crippen LogP contribution in [0.5, 0.6) is 0 Å². The molecule has 136 valence electrons. The Bertz CT molecular complexity index is 810. The molecule has 4 nitrogen and oxygen atoms in total. The van der Waals surface area contributed by atoms with Gasteiger partial charge >= 0.3 is 0 Å². The highest BCUT2D eigenvalue weighted by molar-refractivity contribution is 7.10. The predicted molar refractivity (Wildman–Crippen MR) is 103 cm³/mol. The topological polar surface area (TPSA) is 32.8 Å². The molecule has 2 atom stereocenters. The molecule has 1 aromatic heterocycles. The molecular weight excluding hydrogens is 344 g/mol. The van der Waals surface area contributed by atoms with Crippen LogP contribution < -0.4 is 4.90 Å². The smallest absolute Gasteiger partial charge is 0.257 e. The van der Waals surface area contributed by atoms with Crippen molar-refractivity contribution in [1.82, 2.24) is 4.90 Å². The molecule has 0 N–H and O–H groups in total. The number of benzene rings is 1. The van der Waals surface area contributed by atoms with Gasteiger partial charge in [0.05, 0.1) is 6.04 Å². The van der Waals surface area contributed by atoms with Gasteiger partial charge < -0.3 is 14.5 Å². The standard InChI is InChI=1S/C21H24N2O2S/c1-15-13-17(14-26-15)22-11-9-21(10-12-22)20(24)23-18(7-8-19(23)25-21)16-5-3-2-4-6-16/h2-6,13-14,18-19H,7-12H2,1H3/t18-,19+/m0/s1. The van der Waals surface area contributed by atoms with Gasteiger partial charge in [0, 0.05) is 41.9 Å². The van der Waals surface area contributed by atoms with E-state index in [1.54, 1.807) is 11.3 Å². The van der Waals surface area contributed by atoms with E-state index in [-0.39, 0.29) is 18.2 Å². The largest absolute Gasteiger partial charge is 0.371 e. The second-order valence-electron chi connectivity index (χ2n) is 7.69. The Morgan fingerprint density at radius 1 is 1.15 bits per heavy atom. The van der Waals surface area contributed by atoms with Crippen LogP contribution in [0.1, 0.15) is 42.2 Å². The first kappa shape index (κ1) is 16.3. The molecule has 1 amide bonds. The molecule has 0 saturated carbocycles. The quantitative estimate of drug-likeness (QED) is 0.799. The van der Waals surface area contributed by atoms with E-state index in [1.807, 2.05) is 11.0 Å². The van der Waals surface area contributed by atoms with Crippen LogP contribution in [0.25, 0.3) is 0 Å². The number of piperidine rings is 1. The Labute approximate surface area is 158 Å². The van der Waals surface area contributed by atoms with Gasteiger partial charge in [-0.2, -0.15) is 0 Å². The molecule has 0 aliphatic carbocycles.